The molecule has 1 N–H and O–H groups in total. The first kappa shape index (κ1) is 15.0. The number of aliphatic carboxylic acids is 1. The SMILES string of the molecule is CCC(C)N(C)c1nc2ccccc2cc1/C=C/C(=O)O. The smallest absolute Gasteiger partial charge is 0.328 e. The van der Waals surface area contributed by atoms with Crippen LogP contribution >= 0.6 is 0 Å². The third-order valence-corrected chi connectivity index (χ3v) is 3.72. The van der Waals surface area contributed by atoms with Gasteiger partial charge in [-0.3, -0.25) is 0 Å². The van der Waals surface area contributed by atoms with Gasteiger partial charge in [-0.25, -0.2) is 9.78 Å². The van der Waals surface area contributed by atoms with Gasteiger partial charge in [0.25, 0.3) is 0 Å². The summed E-state index contributed by atoms with van der Waals surface area (Å²) in [7, 11) is 1.99. The Morgan fingerprint density at radius 2 is 2.14 bits per heavy atom. The molecule has 0 aliphatic heterocycles. The van der Waals surface area contributed by atoms with E-state index in [9.17, 15) is 4.79 Å². The molecule has 0 aliphatic carbocycles. The van der Waals surface area contributed by atoms with Crippen molar-refractivity contribution in [2.24, 2.45) is 0 Å². The van der Waals surface area contributed by atoms with Gasteiger partial charge in [0.05, 0.1) is 5.52 Å². The number of para-hydroxylation sites is 1. The van der Waals surface area contributed by atoms with Crippen molar-refractivity contribution in [3.8, 4) is 0 Å². The third kappa shape index (κ3) is 3.40. The van der Waals surface area contributed by atoms with Crippen LogP contribution in [0.5, 0.6) is 0 Å². The molecule has 0 bridgehead atoms. The van der Waals surface area contributed by atoms with Crippen molar-refractivity contribution in [3.05, 3.63) is 42.0 Å². The summed E-state index contributed by atoms with van der Waals surface area (Å²) in [5.74, 6) is -0.152. The molecular formula is C17H20N2O2. The topological polar surface area (TPSA) is 53.4 Å². The van der Waals surface area contributed by atoms with Crippen LogP contribution in [-0.2, 0) is 4.79 Å². The van der Waals surface area contributed by atoms with Gasteiger partial charge >= 0.3 is 5.97 Å². The lowest BCUT2D eigenvalue weighted by molar-refractivity contribution is -0.131. The summed E-state index contributed by atoms with van der Waals surface area (Å²) >= 11 is 0. The molecule has 0 radical (unpaired) electrons. The van der Waals surface area contributed by atoms with Crippen molar-refractivity contribution in [1.29, 1.82) is 0 Å². The fourth-order valence-corrected chi connectivity index (χ4v) is 2.17. The summed E-state index contributed by atoms with van der Waals surface area (Å²) in [5.41, 5.74) is 1.73. The van der Waals surface area contributed by atoms with Crippen molar-refractivity contribution in [1.82, 2.24) is 4.98 Å². The van der Waals surface area contributed by atoms with E-state index < -0.39 is 5.97 Å². The molecule has 2 aromatic rings. The first-order chi connectivity index (χ1) is 10.0. The molecule has 2 rings (SSSR count). The fraction of sp³-hybridized carbons (Fsp3) is 0.294. The van der Waals surface area contributed by atoms with Crippen molar-refractivity contribution in [2.45, 2.75) is 26.3 Å². The first-order valence-electron chi connectivity index (χ1n) is 7.06. The lowest BCUT2D eigenvalue weighted by Crippen LogP contribution is -2.29. The lowest BCUT2D eigenvalue weighted by atomic mass is 10.1. The highest BCUT2D eigenvalue weighted by Gasteiger charge is 2.14. The van der Waals surface area contributed by atoms with Crippen molar-refractivity contribution in [3.63, 3.8) is 0 Å². The number of carboxylic acids is 1. The Balaban J connectivity index is 2.58. The number of anilines is 1. The number of carboxylic acid groups (broad SMARTS) is 1. The number of rotatable bonds is 5. The minimum atomic E-state index is -0.958. The number of hydrogen-bond acceptors (Lipinski definition) is 3. The average Bonchev–Trinajstić information content (AvgIpc) is 2.50. The zero-order valence-electron chi connectivity index (χ0n) is 12.6. The van der Waals surface area contributed by atoms with Gasteiger partial charge in [0.1, 0.15) is 5.82 Å². The second-order valence-electron chi connectivity index (χ2n) is 5.13. The molecular weight excluding hydrogens is 264 g/mol. The highest BCUT2D eigenvalue weighted by atomic mass is 16.4. The number of benzene rings is 1. The largest absolute Gasteiger partial charge is 0.478 e. The molecule has 1 unspecified atom stereocenters. The molecule has 0 aliphatic rings. The van der Waals surface area contributed by atoms with Gasteiger partial charge in [-0.05, 0) is 31.6 Å². The maximum Gasteiger partial charge on any atom is 0.328 e. The molecule has 21 heavy (non-hydrogen) atoms. The Hall–Kier alpha value is -2.36. The van der Waals surface area contributed by atoms with Crippen molar-refractivity contribution >= 4 is 28.8 Å². The molecule has 0 saturated carbocycles. The fourth-order valence-electron chi connectivity index (χ4n) is 2.17. The van der Waals surface area contributed by atoms with E-state index in [1.807, 2.05) is 37.4 Å². The van der Waals surface area contributed by atoms with Gasteiger partial charge in [0.2, 0.25) is 0 Å². The molecule has 0 fully saturated rings. The van der Waals surface area contributed by atoms with Gasteiger partial charge in [-0.2, -0.15) is 0 Å². The average molecular weight is 284 g/mol. The van der Waals surface area contributed by atoms with Gasteiger partial charge in [-0.1, -0.05) is 25.1 Å². The maximum absolute atomic E-state index is 10.8. The van der Waals surface area contributed by atoms with Crippen LogP contribution in [0.2, 0.25) is 0 Å². The monoisotopic (exact) mass is 284 g/mol. The van der Waals surface area contributed by atoms with Gasteiger partial charge in [0.15, 0.2) is 0 Å². The number of hydrogen-bond donors (Lipinski definition) is 1. The molecule has 0 spiro atoms. The predicted molar refractivity (Wildman–Crippen MR) is 86.6 cm³/mol. The van der Waals surface area contributed by atoms with Crippen LogP contribution in [0.1, 0.15) is 25.8 Å². The van der Waals surface area contributed by atoms with Crippen LogP contribution in [0.3, 0.4) is 0 Å². The highest BCUT2D eigenvalue weighted by molar-refractivity contribution is 5.90. The summed E-state index contributed by atoms with van der Waals surface area (Å²) in [6, 6.07) is 10.2. The van der Waals surface area contributed by atoms with Crippen LogP contribution in [0.15, 0.2) is 36.4 Å². The number of nitrogens with zero attached hydrogens (tertiary/aromatic N) is 2. The van der Waals surface area contributed by atoms with E-state index in [1.54, 1.807) is 6.08 Å². The van der Waals surface area contributed by atoms with Gasteiger partial charge in [-0.15, -0.1) is 0 Å². The molecule has 4 nitrogen and oxygen atoms in total. The molecule has 110 valence electrons. The Morgan fingerprint density at radius 1 is 1.43 bits per heavy atom. The molecule has 1 aromatic carbocycles. The summed E-state index contributed by atoms with van der Waals surface area (Å²) in [5, 5.41) is 9.86. The highest BCUT2D eigenvalue weighted by Crippen LogP contribution is 2.25. The Kier molecular flexibility index (Phi) is 4.58. The van der Waals surface area contributed by atoms with Gasteiger partial charge in [0, 0.05) is 30.1 Å². The van der Waals surface area contributed by atoms with Crippen molar-refractivity contribution < 1.29 is 9.90 Å². The van der Waals surface area contributed by atoms with E-state index in [4.69, 9.17) is 10.1 Å². The van der Waals surface area contributed by atoms with E-state index in [2.05, 4.69) is 18.7 Å². The summed E-state index contributed by atoms with van der Waals surface area (Å²) < 4.78 is 0. The maximum atomic E-state index is 10.8. The summed E-state index contributed by atoms with van der Waals surface area (Å²) in [6.45, 7) is 4.25. The third-order valence-electron chi connectivity index (χ3n) is 3.72. The van der Waals surface area contributed by atoms with Crippen LogP contribution < -0.4 is 4.90 Å². The van der Waals surface area contributed by atoms with Gasteiger partial charge < -0.3 is 10.0 Å². The quantitative estimate of drug-likeness (QED) is 0.853. The minimum absolute atomic E-state index is 0.329. The van der Waals surface area contributed by atoms with Crippen LogP contribution in [0.25, 0.3) is 17.0 Å². The number of pyridine rings is 1. The first-order valence-corrected chi connectivity index (χ1v) is 7.06. The molecule has 0 amide bonds. The zero-order valence-corrected chi connectivity index (χ0v) is 12.6. The molecule has 1 atom stereocenters. The molecule has 1 heterocycles. The number of fused-ring (bicyclic) bond motifs is 1. The van der Waals surface area contributed by atoms with E-state index in [0.717, 1.165) is 34.8 Å². The van der Waals surface area contributed by atoms with Crippen molar-refractivity contribution in [2.75, 3.05) is 11.9 Å². The van der Waals surface area contributed by atoms with Crippen LogP contribution in [0, 0.1) is 0 Å². The number of aromatic nitrogens is 1. The molecule has 4 heteroatoms. The van der Waals surface area contributed by atoms with Crippen LogP contribution in [-0.4, -0.2) is 29.1 Å². The molecule has 1 aromatic heterocycles. The second-order valence-corrected chi connectivity index (χ2v) is 5.13. The summed E-state index contributed by atoms with van der Waals surface area (Å²) in [4.78, 5) is 17.6. The second kappa shape index (κ2) is 6.39. The standard InChI is InChI=1S/C17H20N2O2/c1-4-12(2)19(3)17-14(9-10-16(20)21)11-13-7-5-6-8-15(13)18-17/h5-12H,4H2,1-3H3,(H,20,21)/b10-9+. The predicted octanol–water partition coefficient (Wildman–Crippen LogP) is 3.57. The van der Waals surface area contributed by atoms with E-state index >= 15 is 0 Å². The zero-order chi connectivity index (χ0) is 15.4. The Morgan fingerprint density at radius 3 is 2.81 bits per heavy atom. The Labute approximate surface area is 124 Å². The van der Waals surface area contributed by atoms with E-state index in [-0.39, 0.29) is 0 Å². The summed E-state index contributed by atoms with van der Waals surface area (Å²) in [6.07, 6.45) is 3.75. The lowest BCUT2D eigenvalue weighted by Gasteiger charge is -2.26. The van der Waals surface area contributed by atoms with Crippen LogP contribution in [0.4, 0.5) is 5.82 Å². The minimum Gasteiger partial charge on any atom is -0.478 e. The van der Waals surface area contributed by atoms with E-state index in [1.165, 1.54) is 0 Å². The van der Waals surface area contributed by atoms with E-state index in [0.29, 0.717) is 6.04 Å². The normalized spacial score (nSPS) is 12.7. The Bertz CT molecular complexity index is 680. The molecule has 0 saturated heterocycles. The number of carbonyl (C=O) groups is 1.